The second kappa shape index (κ2) is 10.5. The first-order valence-corrected chi connectivity index (χ1v) is 6.16. The monoisotopic (exact) mass is 243 g/mol. The Morgan fingerprint density at radius 3 is 3.00 bits per heavy atom. The van der Waals surface area contributed by atoms with Crippen molar-refractivity contribution < 1.29 is 14.3 Å². The number of carbonyl (C=O) groups excluding carboxylic acids is 1. The third kappa shape index (κ3) is 9.56. The lowest BCUT2D eigenvalue weighted by Crippen LogP contribution is -2.25. The van der Waals surface area contributed by atoms with Crippen molar-refractivity contribution in [3.8, 4) is 6.07 Å². The average Bonchev–Trinajstić information content (AvgIpc) is 2.23. The van der Waals surface area contributed by atoms with Crippen LogP contribution in [0.3, 0.4) is 0 Å². The van der Waals surface area contributed by atoms with Crippen molar-refractivity contribution >= 4 is 17.7 Å². The molecule has 0 radical (unpaired) electrons. The number of ether oxygens (including phenoxy) is 2. The Morgan fingerprint density at radius 2 is 2.44 bits per heavy atom. The molecule has 1 atom stereocenters. The molecule has 0 rings (SSSR count). The quantitative estimate of drug-likeness (QED) is 0.351. The Balaban J connectivity index is 3.76. The fourth-order valence-electron chi connectivity index (χ4n) is 0.966. The van der Waals surface area contributed by atoms with Gasteiger partial charge >= 0.3 is 5.97 Å². The zero-order chi connectivity index (χ0) is 12.2. The van der Waals surface area contributed by atoms with E-state index >= 15 is 0 Å². The molecule has 0 aromatic heterocycles. The molecule has 1 unspecified atom stereocenters. The smallest absolute Gasteiger partial charge is 0.303 e. The van der Waals surface area contributed by atoms with Crippen molar-refractivity contribution in [2.75, 3.05) is 24.7 Å². The molecule has 0 aliphatic carbocycles. The number of esters is 1. The van der Waals surface area contributed by atoms with E-state index in [0.29, 0.717) is 25.4 Å². The topological polar surface area (TPSA) is 59.3 Å². The molecular formula is C11H17NO3S. The van der Waals surface area contributed by atoms with Crippen molar-refractivity contribution in [2.24, 2.45) is 0 Å². The van der Waals surface area contributed by atoms with Crippen LogP contribution in [0, 0.1) is 11.3 Å². The Kier molecular flexibility index (Phi) is 9.87. The minimum absolute atomic E-state index is 0.249. The summed E-state index contributed by atoms with van der Waals surface area (Å²) in [6.45, 7) is 5.72. The highest BCUT2D eigenvalue weighted by Gasteiger charge is 2.11. The van der Waals surface area contributed by atoms with Gasteiger partial charge in [0.1, 0.15) is 6.10 Å². The largest absolute Gasteiger partial charge is 0.459 e. The van der Waals surface area contributed by atoms with Gasteiger partial charge in [-0.25, -0.2) is 0 Å². The van der Waals surface area contributed by atoms with Gasteiger partial charge in [-0.05, 0) is 0 Å². The predicted octanol–water partition coefficient (Wildman–Crippen LogP) is 1.77. The van der Waals surface area contributed by atoms with Crippen LogP contribution in [0.25, 0.3) is 0 Å². The lowest BCUT2D eigenvalue weighted by atomic mass is 10.4. The van der Waals surface area contributed by atoms with Crippen LogP contribution < -0.4 is 0 Å². The first-order valence-electron chi connectivity index (χ1n) is 5.01. The van der Waals surface area contributed by atoms with E-state index in [2.05, 4.69) is 12.6 Å². The molecular weight excluding hydrogens is 226 g/mol. The molecule has 4 nitrogen and oxygen atoms in total. The number of hydrogen-bond acceptors (Lipinski definition) is 5. The van der Waals surface area contributed by atoms with Crippen molar-refractivity contribution in [2.45, 2.75) is 19.4 Å². The van der Waals surface area contributed by atoms with Gasteiger partial charge in [-0.2, -0.15) is 17.0 Å². The standard InChI is InChI=1S/C11H17NO3S/c1-3-6-14-8-11(15-10(2)13)9-16-7-4-5-12/h3,11H,1,4,6-9H2,2H3. The van der Waals surface area contributed by atoms with Gasteiger partial charge in [0.15, 0.2) is 0 Å². The number of carbonyl (C=O) groups is 1. The molecule has 0 aliphatic rings. The SMILES string of the molecule is C=CCOCC(CSCCC#N)OC(C)=O. The van der Waals surface area contributed by atoms with Crippen molar-refractivity contribution in [1.82, 2.24) is 0 Å². The lowest BCUT2D eigenvalue weighted by Gasteiger charge is -2.16. The van der Waals surface area contributed by atoms with Gasteiger partial charge in [0.05, 0.1) is 19.3 Å². The van der Waals surface area contributed by atoms with Crippen LogP contribution >= 0.6 is 11.8 Å². The number of nitrogens with zero attached hydrogens (tertiary/aromatic N) is 1. The third-order valence-corrected chi connectivity index (χ3v) is 2.63. The summed E-state index contributed by atoms with van der Waals surface area (Å²) in [5.41, 5.74) is 0. The molecule has 5 heteroatoms. The molecule has 0 saturated carbocycles. The molecule has 0 heterocycles. The highest BCUT2D eigenvalue weighted by atomic mass is 32.2. The van der Waals surface area contributed by atoms with Gasteiger partial charge in [0.25, 0.3) is 0 Å². The molecule has 0 aromatic rings. The van der Waals surface area contributed by atoms with E-state index in [9.17, 15) is 4.79 Å². The maximum Gasteiger partial charge on any atom is 0.303 e. The molecule has 0 bridgehead atoms. The van der Waals surface area contributed by atoms with Crippen LogP contribution in [0.1, 0.15) is 13.3 Å². The molecule has 0 amide bonds. The van der Waals surface area contributed by atoms with Crippen LogP contribution in [-0.2, 0) is 14.3 Å². The number of thioether (sulfide) groups is 1. The Morgan fingerprint density at radius 1 is 1.69 bits per heavy atom. The molecule has 0 fully saturated rings. The Labute approximate surface area is 101 Å². The van der Waals surface area contributed by atoms with Crippen LogP contribution in [0.5, 0.6) is 0 Å². The van der Waals surface area contributed by atoms with E-state index in [4.69, 9.17) is 14.7 Å². The summed E-state index contributed by atoms with van der Waals surface area (Å²) in [5, 5.41) is 8.37. The molecule has 0 aromatic carbocycles. The first kappa shape index (κ1) is 15.0. The summed E-state index contributed by atoms with van der Waals surface area (Å²) in [7, 11) is 0. The molecule has 0 spiro atoms. The second-order valence-electron chi connectivity index (χ2n) is 3.04. The number of hydrogen-bond donors (Lipinski definition) is 0. The average molecular weight is 243 g/mol. The summed E-state index contributed by atoms with van der Waals surface area (Å²) in [4.78, 5) is 10.8. The summed E-state index contributed by atoms with van der Waals surface area (Å²) >= 11 is 1.58. The van der Waals surface area contributed by atoms with Crippen LogP contribution in [0.2, 0.25) is 0 Å². The Bertz CT molecular complexity index is 250. The minimum Gasteiger partial charge on any atom is -0.459 e. The third-order valence-electron chi connectivity index (χ3n) is 1.53. The van der Waals surface area contributed by atoms with Gasteiger partial charge in [0, 0.05) is 24.9 Å². The molecule has 90 valence electrons. The second-order valence-corrected chi connectivity index (χ2v) is 4.19. The van der Waals surface area contributed by atoms with E-state index in [1.54, 1.807) is 17.8 Å². The number of nitriles is 1. The molecule has 0 N–H and O–H groups in total. The first-order chi connectivity index (χ1) is 7.70. The normalized spacial score (nSPS) is 11.5. The van der Waals surface area contributed by atoms with E-state index in [1.807, 2.05) is 0 Å². The maximum atomic E-state index is 10.8. The lowest BCUT2D eigenvalue weighted by molar-refractivity contribution is -0.147. The van der Waals surface area contributed by atoms with Gasteiger partial charge < -0.3 is 9.47 Å². The van der Waals surface area contributed by atoms with Crippen molar-refractivity contribution in [3.05, 3.63) is 12.7 Å². The van der Waals surface area contributed by atoms with Gasteiger partial charge in [-0.3, -0.25) is 4.79 Å². The highest BCUT2D eigenvalue weighted by Crippen LogP contribution is 2.08. The fourth-order valence-corrected chi connectivity index (χ4v) is 1.80. The molecule has 16 heavy (non-hydrogen) atoms. The van der Waals surface area contributed by atoms with Crippen molar-refractivity contribution in [3.63, 3.8) is 0 Å². The van der Waals surface area contributed by atoms with E-state index in [-0.39, 0.29) is 12.1 Å². The molecule has 0 saturated heterocycles. The summed E-state index contributed by atoms with van der Waals surface area (Å²) in [6, 6.07) is 2.06. The summed E-state index contributed by atoms with van der Waals surface area (Å²) in [6.07, 6.45) is 1.90. The number of rotatable bonds is 9. The fraction of sp³-hybridized carbons (Fsp3) is 0.636. The maximum absolute atomic E-state index is 10.8. The zero-order valence-electron chi connectivity index (χ0n) is 9.48. The zero-order valence-corrected chi connectivity index (χ0v) is 10.3. The molecule has 0 aliphatic heterocycles. The van der Waals surface area contributed by atoms with Crippen LogP contribution in [-0.4, -0.2) is 36.8 Å². The van der Waals surface area contributed by atoms with Crippen LogP contribution in [0.4, 0.5) is 0 Å². The Hall–Kier alpha value is -0.990. The van der Waals surface area contributed by atoms with Gasteiger partial charge in [0.2, 0.25) is 0 Å². The highest BCUT2D eigenvalue weighted by molar-refractivity contribution is 7.99. The van der Waals surface area contributed by atoms with Crippen molar-refractivity contribution in [1.29, 1.82) is 5.26 Å². The van der Waals surface area contributed by atoms with Crippen LogP contribution in [0.15, 0.2) is 12.7 Å². The summed E-state index contributed by atoms with van der Waals surface area (Å²) in [5.74, 6) is 1.08. The van der Waals surface area contributed by atoms with E-state index in [0.717, 1.165) is 5.75 Å². The van der Waals surface area contributed by atoms with E-state index in [1.165, 1.54) is 6.92 Å². The predicted molar refractivity (Wildman–Crippen MR) is 64.1 cm³/mol. The van der Waals surface area contributed by atoms with E-state index < -0.39 is 0 Å². The van der Waals surface area contributed by atoms with Gasteiger partial charge in [-0.1, -0.05) is 6.08 Å². The summed E-state index contributed by atoms with van der Waals surface area (Å²) < 4.78 is 10.3. The minimum atomic E-state index is -0.312. The van der Waals surface area contributed by atoms with Gasteiger partial charge in [-0.15, -0.1) is 6.58 Å².